The molecule has 0 saturated heterocycles. The summed E-state index contributed by atoms with van der Waals surface area (Å²) in [6.07, 6.45) is 3.37. The summed E-state index contributed by atoms with van der Waals surface area (Å²) in [5, 5.41) is 3.57. The van der Waals surface area contributed by atoms with Crippen molar-refractivity contribution in [3.63, 3.8) is 0 Å². The van der Waals surface area contributed by atoms with Crippen molar-refractivity contribution in [3.05, 3.63) is 101 Å². The van der Waals surface area contributed by atoms with E-state index in [2.05, 4.69) is 96.5 Å². The molecule has 0 fully saturated rings. The largest absolute Gasteiger partial charge is 0.325 e. The van der Waals surface area contributed by atoms with Gasteiger partial charge in [0.1, 0.15) is 0 Å². The number of allylic oxidation sites excluding steroid dienone is 1. The Morgan fingerprint density at radius 3 is 2.46 bits per heavy atom. The summed E-state index contributed by atoms with van der Waals surface area (Å²) in [7, 11) is 0. The first-order valence-electron chi connectivity index (χ1n) is 9.85. The van der Waals surface area contributed by atoms with E-state index < -0.39 is 0 Å². The Labute approximate surface area is 165 Å². The van der Waals surface area contributed by atoms with E-state index >= 15 is 0 Å². The second-order valence-corrected chi connectivity index (χ2v) is 7.35. The Balaban J connectivity index is 1.70. The number of rotatable bonds is 3. The van der Waals surface area contributed by atoms with Gasteiger partial charge in [0.2, 0.25) is 5.95 Å². The van der Waals surface area contributed by atoms with Crippen LogP contribution in [0, 0.1) is 6.92 Å². The quantitative estimate of drug-likeness (QED) is 0.485. The van der Waals surface area contributed by atoms with E-state index in [1.54, 1.807) is 0 Å². The van der Waals surface area contributed by atoms with Gasteiger partial charge in [-0.3, -0.25) is 4.57 Å². The van der Waals surface area contributed by atoms with Gasteiger partial charge in [-0.25, -0.2) is 4.98 Å². The Morgan fingerprint density at radius 1 is 0.929 bits per heavy atom. The van der Waals surface area contributed by atoms with Crippen molar-refractivity contribution in [2.75, 3.05) is 5.32 Å². The van der Waals surface area contributed by atoms with Crippen molar-refractivity contribution in [1.29, 1.82) is 0 Å². The van der Waals surface area contributed by atoms with Gasteiger partial charge in [-0.15, -0.1) is 0 Å². The van der Waals surface area contributed by atoms with Gasteiger partial charge in [0, 0.05) is 5.70 Å². The van der Waals surface area contributed by atoms with E-state index in [9.17, 15) is 0 Å². The number of aryl methyl sites for hydroxylation is 2. The second-order valence-electron chi connectivity index (χ2n) is 7.35. The van der Waals surface area contributed by atoms with Gasteiger partial charge in [0.15, 0.2) is 0 Å². The molecule has 4 aromatic rings. The minimum Gasteiger partial charge on any atom is -0.325 e. The first-order valence-corrected chi connectivity index (χ1v) is 9.85. The van der Waals surface area contributed by atoms with Crippen molar-refractivity contribution in [1.82, 2.24) is 9.55 Å². The summed E-state index contributed by atoms with van der Waals surface area (Å²) in [4.78, 5) is 4.88. The van der Waals surface area contributed by atoms with E-state index in [4.69, 9.17) is 4.98 Å². The Morgan fingerprint density at radius 2 is 1.68 bits per heavy atom. The average molecular weight is 365 g/mol. The highest BCUT2D eigenvalue weighted by Gasteiger charge is 2.26. The molecule has 1 atom stereocenters. The molecular formula is C25H23N3. The van der Waals surface area contributed by atoms with Crippen LogP contribution >= 0.6 is 0 Å². The number of anilines is 1. The van der Waals surface area contributed by atoms with Crippen LogP contribution in [0.4, 0.5) is 5.95 Å². The fraction of sp³-hybridized carbons (Fsp3) is 0.160. The number of hydrogen-bond acceptors (Lipinski definition) is 2. The molecule has 5 rings (SSSR count). The molecule has 0 unspecified atom stereocenters. The predicted octanol–water partition coefficient (Wildman–Crippen LogP) is 5.96. The van der Waals surface area contributed by atoms with Crippen LogP contribution in [0.5, 0.6) is 0 Å². The van der Waals surface area contributed by atoms with E-state index in [1.165, 1.54) is 22.3 Å². The zero-order valence-corrected chi connectivity index (χ0v) is 16.2. The standard InChI is InChI=1S/C25H23N3/c1-3-18-12-14-19(15-13-18)22-16-24(20-9-5-4-8-17(20)2)28-23-11-7-6-10-21(23)26-25(28)27-22/h4-16,24H,3H2,1-2H3,(H,26,27)/t24-/m0/s1. The number of aromatic nitrogens is 2. The van der Waals surface area contributed by atoms with Crippen LogP contribution in [0.3, 0.4) is 0 Å². The number of imidazole rings is 1. The normalized spacial score (nSPS) is 15.8. The van der Waals surface area contributed by atoms with Gasteiger partial charge in [0.05, 0.1) is 17.1 Å². The van der Waals surface area contributed by atoms with Gasteiger partial charge in [0.25, 0.3) is 0 Å². The minimum atomic E-state index is 0.103. The third-order valence-corrected chi connectivity index (χ3v) is 5.63. The molecule has 28 heavy (non-hydrogen) atoms. The van der Waals surface area contributed by atoms with Crippen LogP contribution in [0.1, 0.15) is 35.2 Å². The van der Waals surface area contributed by atoms with Crippen molar-refractivity contribution in [3.8, 4) is 0 Å². The second kappa shape index (κ2) is 6.68. The third kappa shape index (κ3) is 2.71. The zero-order chi connectivity index (χ0) is 19.1. The molecule has 0 radical (unpaired) electrons. The van der Waals surface area contributed by atoms with Gasteiger partial charge >= 0.3 is 0 Å². The van der Waals surface area contributed by atoms with Crippen LogP contribution in [-0.4, -0.2) is 9.55 Å². The SMILES string of the molecule is CCc1ccc(C2=C[C@@H](c3ccccc3C)n3c(nc4ccccc43)N2)cc1. The van der Waals surface area contributed by atoms with Gasteiger partial charge in [-0.05, 0) is 53.8 Å². The highest BCUT2D eigenvalue weighted by Crippen LogP contribution is 2.37. The monoisotopic (exact) mass is 365 g/mol. The zero-order valence-electron chi connectivity index (χ0n) is 16.2. The molecule has 2 heterocycles. The molecular weight excluding hydrogens is 342 g/mol. The number of hydrogen-bond donors (Lipinski definition) is 1. The molecule has 1 aliphatic heterocycles. The van der Waals surface area contributed by atoms with Crippen molar-refractivity contribution in [2.24, 2.45) is 0 Å². The molecule has 138 valence electrons. The predicted molar refractivity (Wildman–Crippen MR) is 116 cm³/mol. The number of benzene rings is 3. The minimum absolute atomic E-state index is 0.103. The van der Waals surface area contributed by atoms with E-state index in [0.29, 0.717) is 0 Å². The molecule has 0 spiro atoms. The van der Waals surface area contributed by atoms with Crippen LogP contribution in [0.15, 0.2) is 78.9 Å². The summed E-state index contributed by atoms with van der Waals surface area (Å²) >= 11 is 0. The molecule has 0 saturated carbocycles. The van der Waals surface area contributed by atoms with Crippen LogP contribution < -0.4 is 5.32 Å². The smallest absolute Gasteiger partial charge is 0.209 e. The lowest BCUT2D eigenvalue weighted by Gasteiger charge is -2.27. The molecule has 1 N–H and O–H groups in total. The molecule has 0 aliphatic carbocycles. The van der Waals surface area contributed by atoms with E-state index in [0.717, 1.165) is 29.1 Å². The maximum absolute atomic E-state index is 4.88. The topological polar surface area (TPSA) is 29.9 Å². The lowest BCUT2D eigenvalue weighted by molar-refractivity contribution is 0.716. The summed E-state index contributed by atoms with van der Waals surface area (Å²) in [6.45, 7) is 4.36. The van der Waals surface area contributed by atoms with Crippen LogP contribution in [0.25, 0.3) is 16.7 Å². The lowest BCUT2D eigenvalue weighted by Crippen LogP contribution is -2.19. The van der Waals surface area contributed by atoms with E-state index in [1.807, 2.05) is 6.07 Å². The number of fused-ring (bicyclic) bond motifs is 3. The Bertz CT molecular complexity index is 1180. The first kappa shape index (κ1) is 16.8. The number of nitrogens with one attached hydrogen (secondary N) is 1. The first-order chi connectivity index (χ1) is 13.7. The maximum atomic E-state index is 4.88. The summed E-state index contributed by atoms with van der Waals surface area (Å²) in [6, 6.07) is 25.9. The molecule has 0 bridgehead atoms. The highest BCUT2D eigenvalue weighted by molar-refractivity contribution is 5.85. The van der Waals surface area contributed by atoms with Crippen molar-refractivity contribution < 1.29 is 0 Å². The molecule has 0 amide bonds. The molecule has 3 aromatic carbocycles. The lowest BCUT2D eigenvalue weighted by atomic mass is 9.97. The van der Waals surface area contributed by atoms with E-state index in [-0.39, 0.29) is 6.04 Å². The van der Waals surface area contributed by atoms with Gasteiger partial charge < -0.3 is 5.32 Å². The fourth-order valence-corrected chi connectivity index (χ4v) is 4.04. The molecule has 1 aromatic heterocycles. The van der Waals surface area contributed by atoms with Gasteiger partial charge in [-0.2, -0.15) is 0 Å². The molecule has 1 aliphatic rings. The van der Waals surface area contributed by atoms with Crippen LogP contribution in [0.2, 0.25) is 0 Å². The van der Waals surface area contributed by atoms with Crippen LogP contribution in [-0.2, 0) is 6.42 Å². The van der Waals surface area contributed by atoms with Gasteiger partial charge in [-0.1, -0.05) is 67.6 Å². The Hall–Kier alpha value is -3.33. The maximum Gasteiger partial charge on any atom is 0.209 e. The summed E-state index contributed by atoms with van der Waals surface area (Å²) in [5.41, 5.74) is 8.40. The fourth-order valence-electron chi connectivity index (χ4n) is 4.04. The van der Waals surface area contributed by atoms with Crippen molar-refractivity contribution >= 4 is 22.7 Å². The average Bonchev–Trinajstić information content (AvgIpc) is 3.12. The Kier molecular flexibility index (Phi) is 4.01. The third-order valence-electron chi connectivity index (χ3n) is 5.63. The van der Waals surface area contributed by atoms with Crippen molar-refractivity contribution in [2.45, 2.75) is 26.3 Å². The highest BCUT2D eigenvalue weighted by atomic mass is 15.2. The molecule has 3 nitrogen and oxygen atoms in total. The number of para-hydroxylation sites is 2. The number of nitrogens with zero attached hydrogens (tertiary/aromatic N) is 2. The molecule has 3 heteroatoms. The summed E-state index contributed by atoms with van der Waals surface area (Å²) < 4.78 is 2.31. The summed E-state index contributed by atoms with van der Waals surface area (Å²) in [5.74, 6) is 0.895.